The number of aryl methyl sites for hydroxylation is 1. The van der Waals surface area contributed by atoms with Gasteiger partial charge in [-0.05, 0) is 26.8 Å². The van der Waals surface area contributed by atoms with Crippen LogP contribution in [0.15, 0.2) is 6.20 Å². The van der Waals surface area contributed by atoms with Gasteiger partial charge in [0, 0.05) is 13.0 Å². The van der Waals surface area contributed by atoms with Crippen molar-refractivity contribution in [2.24, 2.45) is 18.9 Å². The second kappa shape index (κ2) is 5.19. The van der Waals surface area contributed by atoms with E-state index < -0.39 is 0 Å². The minimum Gasteiger partial charge on any atom is -0.375 e. The maximum atomic E-state index is 6.26. The van der Waals surface area contributed by atoms with E-state index in [0.717, 1.165) is 10.7 Å². The van der Waals surface area contributed by atoms with Crippen LogP contribution in [0.1, 0.15) is 32.5 Å². The second-order valence-corrected chi connectivity index (χ2v) is 5.66. The Bertz CT molecular complexity index is 401. The molecule has 5 heteroatoms. The molecule has 102 valence electrons. The van der Waals surface area contributed by atoms with Gasteiger partial charge in [-0.3, -0.25) is 4.68 Å². The van der Waals surface area contributed by atoms with Gasteiger partial charge < -0.3 is 10.1 Å². The van der Waals surface area contributed by atoms with Gasteiger partial charge in [0.25, 0.3) is 0 Å². The van der Waals surface area contributed by atoms with Gasteiger partial charge in [0.15, 0.2) is 0 Å². The summed E-state index contributed by atoms with van der Waals surface area (Å²) in [5.41, 5.74) is 1.04. The van der Waals surface area contributed by atoms with Crippen LogP contribution >= 0.6 is 11.6 Å². The quantitative estimate of drug-likeness (QED) is 0.918. The molecule has 0 saturated carbocycles. The zero-order valence-electron chi connectivity index (χ0n) is 11.6. The van der Waals surface area contributed by atoms with Crippen molar-refractivity contribution in [3.8, 4) is 0 Å². The molecule has 18 heavy (non-hydrogen) atoms. The molecule has 1 N–H and O–H groups in total. The Kier molecular flexibility index (Phi) is 3.99. The highest BCUT2D eigenvalue weighted by Gasteiger charge is 2.43. The summed E-state index contributed by atoms with van der Waals surface area (Å²) in [6.07, 6.45) is 2.21. The lowest BCUT2D eigenvalue weighted by molar-refractivity contribution is 0.0475. The molecule has 0 aromatic carbocycles. The Balaban J connectivity index is 2.35. The molecule has 5 atom stereocenters. The van der Waals surface area contributed by atoms with Crippen molar-refractivity contribution in [1.82, 2.24) is 15.1 Å². The van der Waals surface area contributed by atoms with Crippen molar-refractivity contribution < 1.29 is 4.74 Å². The zero-order chi connectivity index (χ0) is 13.4. The maximum Gasteiger partial charge on any atom is 0.0834 e. The predicted octanol–water partition coefficient (Wildman–Crippen LogP) is 2.39. The summed E-state index contributed by atoms with van der Waals surface area (Å²) in [5, 5.41) is 8.33. The highest BCUT2D eigenvalue weighted by molar-refractivity contribution is 6.31. The number of nitrogens with zero attached hydrogens (tertiary/aromatic N) is 2. The summed E-state index contributed by atoms with van der Waals surface area (Å²) in [4.78, 5) is 0. The van der Waals surface area contributed by atoms with Gasteiger partial charge in [-0.2, -0.15) is 5.10 Å². The van der Waals surface area contributed by atoms with Crippen LogP contribution in [0.25, 0.3) is 0 Å². The van der Waals surface area contributed by atoms with Gasteiger partial charge in [-0.15, -0.1) is 0 Å². The van der Waals surface area contributed by atoms with Crippen molar-refractivity contribution in [2.75, 3.05) is 7.05 Å². The number of halogens is 1. The maximum absolute atomic E-state index is 6.26. The van der Waals surface area contributed by atoms with Crippen LogP contribution in [-0.2, 0) is 11.8 Å². The molecule has 1 aromatic heterocycles. The highest BCUT2D eigenvalue weighted by atomic mass is 35.5. The molecule has 2 heterocycles. The van der Waals surface area contributed by atoms with Crippen LogP contribution in [0.5, 0.6) is 0 Å². The smallest absolute Gasteiger partial charge is 0.0834 e. The van der Waals surface area contributed by atoms with Crippen LogP contribution in [0.4, 0.5) is 0 Å². The van der Waals surface area contributed by atoms with Crippen molar-refractivity contribution in [3.05, 3.63) is 16.9 Å². The number of nitrogens with one attached hydrogen (secondary N) is 1. The number of aromatic nitrogens is 2. The SMILES string of the molecule is CNC(c1c(Cl)cnn1C)C1C(C)OC(C)C1C. The first-order chi connectivity index (χ1) is 8.47. The Morgan fingerprint density at radius 1 is 1.39 bits per heavy atom. The molecule has 0 spiro atoms. The van der Waals surface area contributed by atoms with E-state index in [1.165, 1.54) is 0 Å². The monoisotopic (exact) mass is 271 g/mol. The molecule has 1 aliphatic rings. The van der Waals surface area contributed by atoms with Crippen molar-refractivity contribution in [2.45, 2.75) is 39.0 Å². The third kappa shape index (κ3) is 2.17. The molecular formula is C13H22ClN3O. The van der Waals surface area contributed by atoms with Gasteiger partial charge in [-0.25, -0.2) is 0 Å². The van der Waals surface area contributed by atoms with Crippen LogP contribution in [-0.4, -0.2) is 29.0 Å². The van der Waals surface area contributed by atoms with E-state index in [0.29, 0.717) is 11.8 Å². The van der Waals surface area contributed by atoms with E-state index in [-0.39, 0.29) is 18.2 Å². The number of hydrogen-bond donors (Lipinski definition) is 1. The van der Waals surface area contributed by atoms with Crippen LogP contribution in [0.3, 0.4) is 0 Å². The summed E-state index contributed by atoms with van der Waals surface area (Å²) in [6, 6.07) is 0.167. The van der Waals surface area contributed by atoms with E-state index in [9.17, 15) is 0 Å². The normalized spacial score (nSPS) is 33.9. The molecule has 1 aliphatic heterocycles. The largest absolute Gasteiger partial charge is 0.375 e. The molecule has 0 radical (unpaired) electrons. The van der Waals surface area contributed by atoms with Gasteiger partial charge >= 0.3 is 0 Å². The molecule has 0 amide bonds. The van der Waals surface area contributed by atoms with E-state index in [1.807, 2.05) is 18.8 Å². The standard InChI is InChI=1S/C13H22ClN3O/c1-7-8(2)18-9(3)11(7)12(15-4)13-10(14)6-16-17(13)5/h6-9,11-12,15H,1-5H3. The van der Waals surface area contributed by atoms with Crippen LogP contribution in [0, 0.1) is 11.8 Å². The molecule has 0 aliphatic carbocycles. The van der Waals surface area contributed by atoms with Crippen molar-refractivity contribution in [1.29, 1.82) is 0 Å². The molecule has 0 bridgehead atoms. The minimum atomic E-state index is 0.167. The Morgan fingerprint density at radius 3 is 2.44 bits per heavy atom. The summed E-state index contributed by atoms with van der Waals surface area (Å²) in [5.74, 6) is 0.890. The van der Waals surface area contributed by atoms with E-state index in [1.54, 1.807) is 6.20 Å². The molecule has 4 nitrogen and oxygen atoms in total. The fourth-order valence-electron chi connectivity index (χ4n) is 3.15. The molecule has 5 unspecified atom stereocenters. The second-order valence-electron chi connectivity index (χ2n) is 5.25. The van der Waals surface area contributed by atoms with Gasteiger partial charge in [-0.1, -0.05) is 18.5 Å². The first-order valence-corrected chi connectivity index (χ1v) is 6.85. The third-order valence-corrected chi connectivity index (χ3v) is 4.54. The lowest BCUT2D eigenvalue weighted by Crippen LogP contribution is -2.34. The first kappa shape index (κ1) is 13.8. The lowest BCUT2D eigenvalue weighted by Gasteiger charge is -2.29. The van der Waals surface area contributed by atoms with Gasteiger partial charge in [0.1, 0.15) is 0 Å². The zero-order valence-corrected chi connectivity index (χ0v) is 12.4. The molecule has 1 fully saturated rings. The molecular weight excluding hydrogens is 250 g/mol. The average Bonchev–Trinajstić information content (AvgIpc) is 2.76. The van der Waals surface area contributed by atoms with Gasteiger partial charge in [0.05, 0.1) is 35.2 Å². The number of ether oxygens (including phenoxy) is 1. The van der Waals surface area contributed by atoms with Gasteiger partial charge in [0.2, 0.25) is 0 Å². The Morgan fingerprint density at radius 2 is 2.06 bits per heavy atom. The summed E-state index contributed by atoms with van der Waals surface area (Å²) in [7, 11) is 3.90. The van der Waals surface area contributed by atoms with Crippen LogP contribution in [0.2, 0.25) is 5.02 Å². The summed E-state index contributed by atoms with van der Waals surface area (Å²) < 4.78 is 7.79. The molecule has 1 aromatic rings. The Labute approximate surface area is 114 Å². The van der Waals surface area contributed by atoms with E-state index in [4.69, 9.17) is 16.3 Å². The minimum absolute atomic E-state index is 0.167. The fourth-order valence-corrected chi connectivity index (χ4v) is 3.43. The molecule has 2 rings (SSSR count). The number of rotatable bonds is 3. The van der Waals surface area contributed by atoms with E-state index in [2.05, 4.69) is 31.2 Å². The lowest BCUT2D eigenvalue weighted by atomic mass is 9.82. The first-order valence-electron chi connectivity index (χ1n) is 6.47. The fraction of sp³-hybridized carbons (Fsp3) is 0.769. The summed E-state index contributed by atoms with van der Waals surface area (Å²) >= 11 is 6.26. The topological polar surface area (TPSA) is 39.1 Å². The van der Waals surface area contributed by atoms with Crippen molar-refractivity contribution >= 4 is 11.6 Å². The summed E-state index contributed by atoms with van der Waals surface area (Å²) in [6.45, 7) is 6.52. The average molecular weight is 272 g/mol. The van der Waals surface area contributed by atoms with Crippen molar-refractivity contribution in [3.63, 3.8) is 0 Å². The number of hydrogen-bond acceptors (Lipinski definition) is 3. The third-order valence-electron chi connectivity index (χ3n) is 4.25. The highest BCUT2D eigenvalue weighted by Crippen LogP contribution is 2.41. The predicted molar refractivity (Wildman–Crippen MR) is 72.7 cm³/mol. The van der Waals surface area contributed by atoms with E-state index >= 15 is 0 Å². The Hall–Kier alpha value is -0.580. The van der Waals surface area contributed by atoms with Crippen LogP contribution < -0.4 is 5.32 Å². The molecule has 1 saturated heterocycles.